The number of rotatable bonds is 10. The summed E-state index contributed by atoms with van der Waals surface area (Å²) in [5.74, 6) is 0.649. The lowest BCUT2D eigenvalue weighted by Crippen LogP contribution is -2.38. The molecule has 0 heterocycles. The van der Waals surface area contributed by atoms with Crippen LogP contribution < -0.4 is 5.32 Å². The van der Waals surface area contributed by atoms with Gasteiger partial charge in [-0.25, -0.2) is 0 Å². The third kappa shape index (κ3) is 21.0. The second-order valence-corrected chi connectivity index (χ2v) is 8.07. The number of amides is 1. The van der Waals surface area contributed by atoms with Crippen molar-refractivity contribution in [2.75, 3.05) is 26.9 Å². The van der Waals surface area contributed by atoms with E-state index in [0.29, 0.717) is 38.5 Å². The molecule has 0 radical (unpaired) electrons. The summed E-state index contributed by atoms with van der Waals surface area (Å²) in [6.45, 7) is 19.6. The smallest absolute Gasteiger partial charge is 0.220 e. The van der Waals surface area contributed by atoms with Crippen LogP contribution in [0.5, 0.6) is 0 Å². The third-order valence-electron chi connectivity index (χ3n) is 3.07. The minimum atomic E-state index is -0.136. The molecule has 0 atom stereocenters. The summed E-state index contributed by atoms with van der Waals surface area (Å²) >= 11 is 0. The number of aliphatic hydroxyl groups is 1. The number of ketones is 1. The van der Waals surface area contributed by atoms with E-state index in [1.54, 1.807) is 6.92 Å². The number of Topliss-reactive ketones (excluding diaryl/α,β-unsaturated/α-hetero) is 1. The molecular formula is C20H43NO4. The maximum atomic E-state index is 11.7. The van der Waals surface area contributed by atoms with Crippen molar-refractivity contribution in [3.63, 3.8) is 0 Å². The molecule has 0 aliphatic carbocycles. The van der Waals surface area contributed by atoms with Crippen LogP contribution in [0.4, 0.5) is 0 Å². The van der Waals surface area contributed by atoms with Gasteiger partial charge in [0.2, 0.25) is 5.91 Å². The van der Waals surface area contributed by atoms with Crippen LogP contribution in [0.1, 0.15) is 75.2 Å². The lowest BCUT2D eigenvalue weighted by molar-refractivity contribution is -0.123. The van der Waals surface area contributed by atoms with Gasteiger partial charge in [0.25, 0.3) is 0 Å². The highest BCUT2D eigenvalue weighted by atomic mass is 16.5. The molecule has 0 saturated heterocycles. The van der Waals surface area contributed by atoms with Gasteiger partial charge in [-0.1, -0.05) is 55.4 Å². The van der Waals surface area contributed by atoms with Crippen molar-refractivity contribution in [2.24, 2.45) is 16.7 Å². The fourth-order valence-electron chi connectivity index (χ4n) is 2.16. The highest BCUT2D eigenvalue weighted by Gasteiger charge is 2.24. The summed E-state index contributed by atoms with van der Waals surface area (Å²) < 4.78 is 5.77. The van der Waals surface area contributed by atoms with Crippen molar-refractivity contribution in [1.82, 2.24) is 5.32 Å². The van der Waals surface area contributed by atoms with Gasteiger partial charge >= 0.3 is 0 Å². The van der Waals surface area contributed by atoms with Crippen molar-refractivity contribution in [3.05, 3.63) is 0 Å². The van der Waals surface area contributed by atoms with Gasteiger partial charge in [0.15, 0.2) is 0 Å². The highest BCUT2D eigenvalue weighted by molar-refractivity contribution is 5.76. The maximum Gasteiger partial charge on any atom is 0.220 e. The van der Waals surface area contributed by atoms with Gasteiger partial charge in [0.05, 0.1) is 13.2 Å². The van der Waals surface area contributed by atoms with E-state index in [4.69, 9.17) is 9.84 Å². The van der Waals surface area contributed by atoms with E-state index in [1.165, 1.54) is 0 Å². The molecule has 2 N–H and O–H groups in total. The van der Waals surface area contributed by atoms with Gasteiger partial charge < -0.3 is 20.0 Å². The molecule has 152 valence electrons. The van der Waals surface area contributed by atoms with Crippen LogP contribution in [0.3, 0.4) is 0 Å². The molecule has 0 fully saturated rings. The predicted octanol–water partition coefficient (Wildman–Crippen LogP) is 3.83. The number of ether oxygens (including phenoxy) is 1. The first kappa shape index (κ1) is 28.8. The highest BCUT2D eigenvalue weighted by Crippen LogP contribution is 2.23. The Kier molecular flexibility index (Phi) is 17.7. The summed E-state index contributed by atoms with van der Waals surface area (Å²) in [6, 6.07) is 0. The molecule has 25 heavy (non-hydrogen) atoms. The van der Waals surface area contributed by atoms with Crippen LogP contribution in [-0.2, 0) is 14.3 Å². The minimum Gasteiger partial charge on any atom is -0.400 e. The average molecular weight is 362 g/mol. The first-order valence-electron chi connectivity index (χ1n) is 9.22. The van der Waals surface area contributed by atoms with E-state index in [1.807, 2.05) is 41.5 Å². The van der Waals surface area contributed by atoms with E-state index in [9.17, 15) is 9.59 Å². The monoisotopic (exact) mass is 361 g/mol. The number of hydrogen-bond donors (Lipinski definition) is 2. The van der Waals surface area contributed by atoms with Crippen LogP contribution in [0, 0.1) is 16.7 Å². The number of nitrogens with one attached hydrogen (secondary N) is 1. The van der Waals surface area contributed by atoms with E-state index in [2.05, 4.69) is 19.2 Å². The van der Waals surface area contributed by atoms with Gasteiger partial charge in [-0.3, -0.25) is 4.79 Å². The molecule has 5 nitrogen and oxygen atoms in total. The maximum absolute atomic E-state index is 11.7. The summed E-state index contributed by atoms with van der Waals surface area (Å²) in [6.07, 6.45) is 1.08. The largest absolute Gasteiger partial charge is 0.400 e. The normalized spacial score (nSPS) is 11.0. The van der Waals surface area contributed by atoms with Gasteiger partial charge in [-0.05, 0) is 18.3 Å². The molecule has 0 aromatic heterocycles. The zero-order valence-electron chi connectivity index (χ0n) is 18.3. The van der Waals surface area contributed by atoms with Crippen molar-refractivity contribution in [1.29, 1.82) is 0 Å². The molecule has 0 bridgehead atoms. The fraction of sp³-hybridized carbons (Fsp3) is 0.900. The molecule has 5 heteroatoms. The number of hydrogen-bond acceptors (Lipinski definition) is 4. The zero-order chi connectivity index (χ0) is 20.7. The molecule has 0 saturated carbocycles. The van der Waals surface area contributed by atoms with Gasteiger partial charge in [0, 0.05) is 31.9 Å². The molecule has 1 amide bonds. The summed E-state index contributed by atoms with van der Waals surface area (Å²) in [4.78, 5) is 22.8. The molecule has 0 unspecified atom stereocenters. The van der Waals surface area contributed by atoms with Crippen molar-refractivity contribution in [2.45, 2.75) is 75.2 Å². The molecule has 0 aromatic rings. The van der Waals surface area contributed by atoms with Crippen LogP contribution >= 0.6 is 0 Å². The second kappa shape index (κ2) is 15.3. The Labute approximate surface area is 155 Å². The lowest BCUT2D eigenvalue weighted by atomic mass is 9.88. The van der Waals surface area contributed by atoms with Crippen LogP contribution in [0.25, 0.3) is 0 Å². The minimum absolute atomic E-state index is 0.0926. The topological polar surface area (TPSA) is 75.6 Å². The second-order valence-electron chi connectivity index (χ2n) is 8.07. The molecule has 0 rings (SSSR count). The van der Waals surface area contributed by atoms with Crippen LogP contribution in [-0.4, -0.2) is 43.7 Å². The van der Waals surface area contributed by atoms with Gasteiger partial charge in [-0.15, -0.1) is 0 Å². The van der Waals surface area contributed by atoms with E-state index in [-0.39, 0.29) is 22.5 Å². The molecule has 0 aliphatic rings. The Balaban J connectivity index is -0.00000112. The Morgan fingerprint density at radius 3 is 1.84 bits per heavy atom. The molecular weight excluding hydrogens is 318 g/mol. The summed E-state index contributed by atoms with van der Waals surface area (Å²) in [7, 11) is 1.00. The zero-order valence-corrected chi connectivity index (χ0v) is 18.3. The summed E-state index contributed by atoms with van der Waals surface area (Å²) in [5.41, 5.74) is -0.248. The quantitative estimate of drug-likeness (QED) is 0.620. The van der Waals surface area contributed by atoms with Gasteiger partial charge in [0.1, 0.15) is 5.78 Å². The first-order chi connectivity index (χ1) is 11.4. The summed E-state index contributed by atoms with van der Waals surface area (Å²) in [5, 5.41) is 9.96. The van der Waals surface area contributed by atoms with Crippen LogP contribution in [0.15, 0.2) is 0 Å². The van der Waals surface area contributed by atoms with E-state index in [0.717, 1.165) is 7.11 Å². The molecule has 0 aromatic carbocycles. The van der Waals surface area contributed by atoms with Crippen molar-refractivity contribution in [3.8, 4) is 0 Å². The van der Waals surface area contributed by atoms with Gasteiger partial charge in [-0.2, -0.15) is 0 Å². The number of carbonyl (C=O) groups excluding carboxylic acids is 2. The Bertz CT molecular complexity index is 350. The lowest BCUT2D eigenvalue weighted by Gasteiger charge is -2.29. The van der Waals surface area contributed by atoms with Crippen LogP contribution in [0.2, 0.25) is 0 Å². The number of carbonyl (C=O) groups is 2. The third-order valence-corrected chi connectivity index (χ3v) is 3.07. The van der Waals surface area contributed by atoms with E-state index < -0.39 is 0 Å². The molecule has 0 spiro atoms. The first-order valence-corrected chi connectivity index (χ1v) is 9.22. The predicted molar refractivity (Wildman–Crippen MR) is 106 cm³/mol. The average Bonchev–Trinajstić information content (AvgIpc) is 2.47. The van der Waals surface area contributed by atoms with E-state index >= 15 is 0 Å². The Hall–Kier alpha value is -0.940. The number of aliphatic hydroxyl groups excluding tert-OH is 1. The Morgan fingerprint density at radius 1 is 1.00 bits per heavy atom. The Morgan fingerprint density at radius 2 is 1.44 bits per heavy atom. The van der Waals surface area contributed by atoms with Crippen molar-refractivity contribution < 1.29 is 19.4 Å². The fourth-order valence-corrected chi connectivity index (χ4v) is 2.16. The van der Waals surface area contributed by atoms with Crippen molar-refractivity contribution >= 4 is 11.7 Å². The standard InChI is InChI=1S/C17H33NO3.C2H6.CH4O/c1-13(2)8-15(20)18-10-17(6,7)12-21-11-16(4,5)9-14(3)19;2*1-2/h13H,8-12H2,1-7H3,(H,18,20);1-2H3;2H,1H3. The molecule has 0 aliphatic heterocycles. The SMILES string of the molecule is CC.CC(=O)CC(C)(C)COCC(C)(C)CNC(=O)CC(C)C.CO.